The lowest BCUT2D eigenvalue weighted by Crippen LogP contribution is -2.31. The van der Waals surface area contributed by atoms with Gasteiger partial charge in [0.25, 0.3) is 0 Å². The molecule has 120 valence electrons. The summed E-state index contributed by atoms with van der Waals surface area (Å²) in [4.78, 5) is 19.0. The summed E-state index contributed by atoms with van der Waals surface area (Å²) in [5, 5.41) is 0. The number of nitrogens with zero attached hydrogens (tertiary/aromatic N) is 3. The van der Waals surface area contributed by atoms with Crippen LogP contribution in [0.4, 0.5) is 0 Å². The number of benzene rings is 1. The van der Waals surface area contributed by atoms with Crippen molar-refractivity contribution in [1.82, 2.24) is 14.5 Å². The third kappa shape index (κ3) is 3.16. The maximum absolute atomic E-state index is 12.5. The Morgan fingerprint density at radius 3 is 2.70 bits per heavy atom. The summed E-state index contributed by atoms with van der Waals surface area (Å²) in [5.74, 6) is 1.81. The monoisotopic (exact) mass is 309 g/mol. The average molecular weight is 309 g/mol. The molecule has 4 nitrogen and oxygen atoms in total. The van der Waals surface area contributed by atoms with Gasteiger partial charge < -0.3 is 9.47 Å². The minimum absolute atomic E-state index is 0.272. The lowest BCUT2D eigenvalue weighted by atomic mass is 9.92. The first-order valence-electron chi connectivity index (χ1n) is 8.65. The van der Waals surface area contributed by atoms with Gasteiger partial charge >= 0.3 is 0 Å². The number of carbonyl (C=O) groups excluding carboxylic acids is 1. The van der Waals surface area contributed by atoms with Gasteiger partial charge in [0.05, 0.1) is 6.54 Å². The maximum Gasteiger partial charge on any atom is 0.222 e. The van der Waals surface area contributed by atoms with Gasteiger partial charge in [0.1, 0.15) is 5.82 Å². The predicted octanol–water partition coefficient (Wildman–Crippen LogP) is 3.51. The van der Waals surface area contributed by atoms with Gasteiger partial charge in [-0.1, -0.05) is 30.3 Å². The van der Waals surface area contributed by atoms with E-state index in [0.717, 1.165) is 25.2 Å². The number of amides is 1. The minimum atomic E-state index is 0.272. The van der Waals surface area contributed by atoms with Crippen LogP contribution in [0.3, 0.4) is 0 Å². The van der Waals surface area contributed by atoms with Crippen molar-refractivity contribution in [3.8, 4) is 0 Å². The average Bonchev–Trinajstić information content (AvgIpc) is 3.35. The topological polar surface area (TPSA) is 38.1 Å². The minimum Gasteiger partial charge on any atom is -0.335 e. The second kappa shape index (κ2) is 6.19. The summed E-state index contributed by atoms with van der Waals surface area (Å²) in [6.07, 6.45) is 9.05. The van der Waals surface area contributed by atoms with Gasteiger partial charge in [-0.25, -0.2) is 4.98 Å². The molecule has 1 aliphatic carbocycles. The quantitative estimate of drug-likeness (QED) is 0.867. The highest BCUT2D eigenvalue weighted by Gasteiger charge is 2.28. The highest BCUT2D eigenvalue weighted by atomic mass is 16.2. The molecule has 23 heavy (non-hydrogen) atoms. The Labute approximate surface area is 137 Å². The van der Waals surface area contributed by atoms with Crippen LogP contribution in [0, 0.1) is 0 Å². The summed E-state index contributed by atoms with van der Waals surface area (Å²) < 4.78 is 2.26. The molecule has 1 atom stereocenters. The van der Waals surface area contributed by atoms with Crippen LogP contribution in [0.25, 0.3) is 0 Å². The second-order valence-corrected chi connectivity index (χ2v) is 6.73. The van der Waals surface area contributed by atoms with Crippen LogP contribution >= 0.6 is 0 Å². The van der Waals surface area contributed by atoms with E-state index in [1.807, 2.05) is 11.1 Å². The molecule has 1 saturated carbocycles. The number of aromatic nitrogens is 2. The predicted molar refractivity (Wildman–Crippen MR) is 88.9 cm³/mol. The molecule has 2 aliphatic rings. The van der Waals surface area contributed by atoms with E-state index < -0.39 is 0 Å². The highest BCUT2D eigenvalue weighted by Crippen LogP contribution is 2.36. The molecule has 1 saturated heterocycles. The number of hydrogen-bond acceptors (Lipinski definition) is 2. The molecule has 1 aromatic heterocycles. The normalized spacial score (nSPS) is 22.2. The zero-order valence-corrected chi connectivity index (χ0v) is 13.4. The van der Waals surface area contributed by atoms with E-state index in [0.29, 0.717) is 24.9 Å². The lowest BCUT2D eigenvalue weighted by Gasteiger charge is -2.21. The molecular weight excluding hydrogens is 286 g/mol. The van der Waals surface area contributed by atoms with E-state index in [9.17, 15) is 4.79 Å². The number of likely N-dealkylation sites (tertiary alicyclic amines) is 1. The molecule has 1 amide bonds. The molecular formula is C19H23N3O. The molecule has 0 radical (unpaired) electrons. The second-order valence-electron chi connectivity index (χ2n) is 6.73. The molecule has 0 bridgehead atoms. The van der Waals surface area contributed by atoms with Crippen LogP contribution in [0.2, 0.25) is 0 Å². The smallest absolute Gasteiger partial charge is 0.222 e. The Bertz CT molecular complexity index is 675. The summed E-state index contributed by atoms with van der Waals surface area (Å²) in [5.41, 5.74) is 1.36. The van der Waals surface area contributed by atoms with Gasteiger partial charge in [-0.3, -0.25) is 4.79 Å². The SMILES string of the molecule is O=C1CCC(c2ccccc2)CCN1Cc1nccn1C1CC1. The largest absolute Gasteiger partial charge is 0.335 e. The fourth-order valence-corrected chi connectivity index (χ4v) is 3.58. The van der Waals surface area contributed by atoms with Crippen LogP contribution in [0.5, 0.6) is 0 Å². The van der Waals surface area contributed by atoms with E-state index in [1.54, 1.807) is 0 Å². The van der Waals surface area contributed by atoms with E-state index in [2.05, 4.69) is 46.1 Å². The van der Waals surface area contributed by atoms with Gasteiger partial charge in [-0.2, -0.15) is 0 Å². The van der Waals surface area contributed by atoms with Crippen molar-refractivity contribution in [2.75, 3.05) is 6.54 Å². The molecule has 1 unspecified atom stereocenters. The van der Waals surface area contributed by atoms with Gasteiger partial charge in [0.2, 0.25) is 5.91 Å². The van der Waals surface area contributed by atoms with E-state index in [-0.39, 0.29) is 5.91 Å². The molecule has 0 spiro atoms. The van der Waals surface area contributed by atoms with Gasteiger partial charge in [-0.15, -0.1) is 0 Å². The Hall–Kier alpha value is -2.10. The molecule has 2 fully saturated rings. The Morgan fingerprint density at radius 2 is 1.91 bits per heavy atom. The molecule has 1 aliphatic heterocycles. The number of imidazole rings is 1. The molecule has 2 heterocycles. The van der Waals surface area contributed by atoms with Crippen molar-refractivity contribution in [3.63, 3.8) is 0 Å². The Morgan fingerprint density at radius 1 is 1.09 bits per heavy atom. The first-order chi connectivity index (χ1) is 11.3. The summed E-state index contributed by atoms with van der Waals surface area (Å²) in [7, 11) is 0. The number of rotatable bonds is 4. The Kier molecular flexibility index (Phi) is 3.90. The van der Waals surface area contributed by atoms with Crippen LogP contribution in [0.1, 0.15) is 55.5 Å². The van der Waals surface area contributed by atoms with Crippen molar-refractivity contribution >= 4 is 5.91 Å². The molecule has 4 rings (SSSR count). The van der Waals surface area contributed by atoms with Crippen molar-refractivity contribution in [1.29, 1.82) is 0 Å². The maximum atomic E-state index is 12.5. The third-order valence-electron chi connectivity index (χ3n) is 5.10. The van der Waals surface area contributed by atoms with Crippen molar-refractivity contribution in [3.05, 3.63) is 54.1 Å². The Balaban J connectivity index is 1.45. The molecule has 4 heteroatoms. The summed E-state index contributed by atoms with van der Waals surface area (Å²) in [6.45, 7) is 1.49. The van der Waals surface area contributed by atoms with Crippen LogP contribution in [-0.2, 0) is 11.3 Å². The number of hydrogen-bond donors (Lipinski definition) is 0. The number of carbonyl (C=O) groups is 1. The van der Waals surface area contributed by atoms with Gasteiger partial charge in [0.15, 0.2) is 0 Å². The summed E-state index contributed by atoms with van der Waals surface area (Å²) >= 11 is 0. The van der Waals surface area contributed by atoms with E-state index >= 15 is 0 Å². The highest BCUT2D eigenvalue weighted by molar-refractivity contribution is 5.76. The third-order valence-corrected chi connectivity index (χ3v) is 5.10. The van der Waals surface area contributed by atoms with Crippen LogP contribution in [-0.4, -0.2) is 26.9 Å². The van der Waals surface area contributed by atoms with Gasteiger partial charge in [-0.05, 0) is 37.2 Å². The van der Waals surface area contributed by atoms with Crippen molar-refractivity contribution < 1.29 is 4.79 Å². The van der Waals surface area contributed by atoms with E-state index in [1.165, 1.54) is 18.4 Å². The van der Waals surface area contributed by atoms with Crippen LogP contribution in [0.15, 0.2) is 42.7 Å². The fourth-order valence-electron chi connectivity index (χ4n) is 3.58. The molecule has 2 aromatic rings. The van der Waals surface area contributed by atoms with Gasteiger partial charge in [0, 0.05) is 31.4 Å². The standard InChI is InChI=1S/C19H23N3O/c23-19-9-6-16(15-4-2-1-3-5-15)10-12-21(19)14-18-20-11-13-22(18)17-7-8-17/h1-5,11,13,16-17H,6-10,12,14H2. The molecule has 0 N–H and O–H groups in total. The van der Waals surface area contributed by atoms with Crippen LogP contribution < -0.4 is 0 Å². The van der Waals surface area contributed by atoms with Crippen molar-refractivity contribution in [2.24, 2.45) is 0 Å². The van der Waals surface area contributed by atoms with E-state index in [4.69, 9.17) is 0 Å². The first kappa shape index (κ1) is 14.5. The molecule has 1 aromatic carbocycles. The zero-order valence-electron chi connectivity index (χ0n) is 13.4. The zero-order chi connectivity index (χ0) is 15.6. The first-order valence-corrected chi connectivity index (χ1v) is 8.65. The lowest BCUT2D eigenvalue weighted by molar-refractivity contribution is -0.131. The van der Waals surface area contributed by atoms with Crippen molar-refractivity contribution in [2.45, 2.75) is 50.6 Å². The fraction of sp³-hybridized carbons (Fsp3) is 0.474. The summed E-state index contributed by atoms with van der Waals surface area (Å²) in [6, 6.07) is 11.2.